The van der Waals surface area contributed by atoms with Gasteiger partial charge in [0.05, 0.1) is 30.9 Å². The first-order valence-corrected chi connectivity index (χ1v) is 9.92. The van der Waals surface area contributed by atoms with Crippen molar-refractivity contribution in [1.82, 2.24) is 0 Å². The average molecular weight is 458 g/mol. The summed E-state index contributed by atoms with van der Waals surface area (Å²) < 4.78 is 10.2. The first-order chi connectivity index (χ1) is 15.1. The van der Waals surface area contributed by atoms with Gasteiger partial charge < -0.3 is 35.0 Å². The first-order valence-electron chi connectivity index (χ1n) is 9.92. The molecule has 0 aliphatic heterocycles. The van der Waals surface area contributed by atoms with E-state index in [9.17, 15) is 19.2 Å². The second-order valence-corrected chi connectivity index (χ2v) is 6.73. The van der Waals surface area contributed by atoms with Crippen LogP contribution in [0.2, 0.25) is 0 Å². The maximum atomic E-state index is 12.0. The van der Waals surface area contributed by atoms with Gasteiger partial charge in [-0.25, -0.2) is 9.59 Å². The maximum absolute atomic E-state index is 12.0. The maximum Gasteiger partial charge on any atom is 0.338 e. The topological polar surface area (TPSA) is 188 Å². The highest BCUT2D eigenvalue weighted by atomic mass is 16.6. The zero-order valence-electron chi connectivity index (χ0n) is 17.8. The Labute approximate surface area is 185 Å². The lowest BCUT2D eigenvalue weighted by Gasteiger charge is -2.13. The van der Waals surface area contributed by atoms with Gasteiger partial charge in [0, 0.05) is 19.3 Å². The van der Waals surface area contributed by atoms with Gasteiger partial charge in [-0.1, -0.05) is 6.07 Å². The normalized spacial score (nSPS) is 11.2. The van der Waals surface area contributed by atoms with E-state index in [0.717, 1.165) is 0 Å². The summed E-state index contributed by atoms with van der Waals surface area (Å²) in [5, 5.41) is 41.4. The van der Waals surface area contributed by atoms with Gasteiger partial charge in [0.2, 0.25) is 0 Å². The molecule has 0 aliphatic rings. The monoisotopic (exact) mass is 458 g/mol. The fourth-order valence-electron chi connectivity index (χ4n) is 2.10. The molecule has 32 heavy (non-hydrogen) atoms. The van der Waals surface area contributed by atoms with E-state index in [1.54, 1.807) is 6.92 Å². The minimum Gasteiger partial charge on any atom is -0.481 e. The van der Waals surface area contributed by atoms with Crippen LogP contribution in [-0.4, -0.2) is 81.4 Å². The van der Waals surface area contributed by atoms with E-state index in [1.807, 2.05) is 0 Å². The van der Waals surface area contributed by atoms with Crippen LogP contribution in [0.5, 0.6) is 0 Å². The van der Waals surface area contributed by atoms with Crippen molar-refractivity contribution >= 4 is 23.9 Å². The summed E-state index contributed by atoms with van der Waals surface area (Å²) in [6.45, 7) is 0.980. The highest BCUT2D eigenvalue weighted by Gasteiger charge is 2.15. The number of hydrogen-bond donors (Lipinski definition) is 5. The first kappa shape index (κ1) is 29.0. The molecule has 0 aromatic heterocycles. The van der Waals surface area contributed by atoms with E-state index in [0.29, 0.717) is 19.3 Å². The number of benzene rings is 1. The van der Waals surface area contributed by atoms with Crippen molar-refractivity contribution in [3.8, 4) is 0 Å². The quantitative estimate of drug-likeness (QED) is 0.208. The molecular formula is C21H30O11. The summed E-state index contributed by atoms with van der Waals surface area (Å²) in [7, 11) is 0. The van der Waals surface area contributed by atoms with Gasteiger partial charge >= 0.3 is 23.9 Å². The van der Waals surface area contributed by atoms with Gasteiger partial charge in [-0.05, 0) is 38.0 Å². The molecule has 0 spiro atoms. The van der Waals surface area contributed by atoms with Crippen LogP contribution in [0.25, 0.3) is 0 Å². The van der Waals surface area contributed by atoms with Crippen LogP contribution in [0, 0.1) is 0 Å². The molecule has 0 saturated carbocycles. The second-order valence-electron chi connectivity index (χ2n) is 6.73. The highest BCUT2D eigenvalue weighted by Crippen LogP contribution is 2.10. The molecule has 1 aromatic carbocycles. The van der Waals surface area contributed by atoms with Crippen LogP contribution in [0.1, 0.15) is 59.7 Å². The molecule has 0 heterocycles. The molecule has 1 unspecified atom stereocenters. The van der Waals surface area contributed by atoms with E-state index in [1.165, 1.54) is 24.3 Å². The molecular weight excluding hydrogens is 428 g/mol. The van der Waals surface area contributed by atoms with Crippen LogP contribution >= 0.6 is 0 Å². The van der Waals surface area contributed by atoms with Crippen LogP contribution in [-0.2, 0) is 19.1 Å². The SMILES string of the molecule is CC(CCOC(=O)CCCCC(=O)O)OC(=O)c1cccc(C(=O)O)c1.OCC(O)CO. The van der Waals surface area contributed by atoms with Crippen molar-refractivity contribution in [2.75, 3.05) is 19.8 Å². The third kappa shape index (κ3) is 14.1. The Kier molecular flexibility index (Phi) is 15.1. The lowest BCUT2D eigenvalue weighted by molar-refractivity contribution is -0.145. The molecule has 0 fully saturated rings. The molecule has 0 saturated heterocycles. The number of carbonyl (C=O) groups is 4. The van der Waals surface area contributed by atoms with Crippen LogP contribution in [0.3, 0.4) is 0 Å². The van der Waals surface area contributed by atoms with E-state index in [4.69, 9.17) is 35.0 Å². The Morgan fingerprint density at radius 2 is 1.56 bits per heavy atom. The number of ether oxygens (including phenoxy) is 2. The molecule has 1 aromatic rings. The average Bonchev–Trinajstić information content (AvgIpc) is 2.76. The molecule has 180 valence electrons. The summed E-state index contributed by atoms with van der Waals surface area (Å²) in [5.74, 6) is -3.12. The Morgan fingerprint density at radius 3 is 2.09 bits per heavy atom. The predicted octanol–water partition coefficient (Wildman–Crippen LogP) is 0.840. The number of aliphatic carboxylic acids is 1. The highest BCUT2D eigenvalue weighted by molar-refractivity contribution is 5.94. The fraction of sp³-hybridized carbons (Fsp3) is 0.524. The molecule has 0 bridgehead atoms. The molecule has 1 atom stereocenters. The van der Waals surface area contributed by atoms with E-state index in [2.05, 4.69) is 0 Å². The van der Waals surface area contributed by atoms with E-state index < -0.39 is 36.1 Å². The number of aliphatic hydroxyl groups excluding tert-OH is 3. The summed E-state index contributed by atoms with van der Waals surface area (Å²) in [5.41, 5.74) is 0.121. The lowest BCUT2D eigenvalue weighted by atomic mass is 10.1. The van der Waals surface area contributed by atoms with Crippen molar-refractivity contribution in [1.29, 1.82) is 0 Å². The van der Waals surface area contributed by atoms with E-state index >= 15 is 0 Å². The Morgan fingerprint density at radius 1 is 0.969 bits per heavy atom. The van der Waals surface area contributed by atoms with Crippen molar-refractivity contribution in [3.05, 3.63) is 35.4 Å². The molecule has 0 aliphatic carbocycles. The summed E-state index contributed by atoms with van der Waals surface area (Å²) >= 11 is 0. The zero-order valence-corrected chi connectivity index (χ0v) is 17.8. The van der Waals surface area contributed by atoms with Crippen molar-refractivity contribution in [2.24, 2.45) is 0 Å². The van der Waals surface area contributed by atoms with Gasteiger partial charge in [0.15, 0.2) is 0 Å². The van der Waals surface area contributed by atoms with Gasteiger partial charge in [-0.3, -0.25) is 9.59 Å². The number of carboxylic acids is 2. The molecule has 0 amide bonds. The minimum atomic E-state index is -1.14. The number of unbranched alkanes of at least 4 members (excludes halogenated alkanes) is 1. The third-order valence-electron chi connectivity index (χ3n) is 3.88. The summed E-state index contributed by atoms with van der Waals surface area (Å²) in [4.78, 5) is 44.7. The number of hydrogen-bond acceptors (Lipinski definition) is 9. The van der Waals surface area contributed by atoms with Gasteiger partial charge in [0.1, 0.15) is 12.2 Å². The van der Waals surface area contributed by atoms with Crippen LogP contribution < -0.4 is 0 Å². The Hall–Kier alpha value is -3.02. The standard InChI is InChI=1S/C18H22O8.C3H8O3/c1-12(9-10-25-16(21)8-3-2-7-15(19)20)26-18(24)14-6-4-5-13(11-14)17(22)23;4-1-3(6)2-5/h4-6,11-12H,2-3,7-10H2,1H3,(H,19,20)(H,22,23);3-6H,1-2H2. The number of rotatable bonds is 13. The second kappa shape index (κ2) is 16.6. The van der Waals surface area contributed by atoms with Crippen molar-refractivity contribution in [2.45, 2.75) is 51.2 Å². The molecule has 1 rings (SSSR count). The smallest absolute Gasteiger partial charge is 0.338 e. The van der Waals surface area contributed by atoms with Crippen molar-refractivity contribution < 1.29 is 54.2 Å². The van der Waals surface area contributed by atoms with Crippen molar-refractivity contribution in [3.63, 3.8) is 0 Å². The minimum absolute atomic E-state index is 0.0102. The van der Waals surface area contributed by atoms with Crippen LogP contribution in [0.4, 0.5) is 0 Å². The predicted molar refractivity (Wildman–Crippen MR) is 110 cm³/mol. The zero-order chi connectivity index (χ0) is 24.5. The number of carbonyl (C=O) groups excluding carboxylic acids is 2. The fourth-order valence-corrected chi connectivity index (χ4v) is 2.10. The third-order valence-corrected chi connectivity index (χ3v) is 3.88. The Balaban J connectivity index is 0.00000140. The van der Waals surface area contributed by atoms with Gasteiger partial charge in [-0.15, -0.1) is 0 Å². The number of esters is 2. The molecule has 0 radical (unpaired) electrons. The van der Waals surface area contributed by atoms with Gasteiger partial charge in [-0.2, -0.15) is 0 Å². The van der Waals surface area contributed by atoms with Gasteiger partial charge in [0.25, 0.3) is 0 Å². The van der Waals surface area contributed by atoms with E-state index in [-0.39, 0.29) is 43.8 Å². The summed E-state index contributed by atoms with van der Waals surface area (Å²) in [6, 6.07) is 5.52. The largest absolute Gasteiger partial charge is 0.481 e. The number of carboxylic acid groups (broad SMARTS) is 2. The summed E-state index contributed by atoms with van der Waals surface area (Å²) in [6.07, 6.45) is -0.164. The van der Waals surface area contributed by atoms with Crippen LogP contribution in [0.15, 0.2) is 24.3 Å². The number of aromatic carboxylic acids is 1. The lowest BCUT2D eigenvalue weighted by Crippen LogP contribution is -2.18. The molecule has 11 heteroatoms. The Bertz CT molecular complexity index is 728. The number of aliphatic hydroxyl groups is 3. The molecule has 5 N–H and O–H groups in total. The molecule has 11 nitrogen and oxygen atoms in total.